The lowest BCUT2D eigenvalue weighted by atomic mass is 10.1. The number of nitrogens with zero attached hydrogens (tertiary/aromatic N) is 5. The molecule has 0 atom stereocenters. The monoisotopic (exact) mass is 312 g/mol. The molecule has 1 aromatic carbocycles. The molecule has 2 aromatic rings. The third kappa shape index (κ3) is 3.23. The molecule has 3 rings (SSSR count). The van der Waals surface area contributed by atoms with Crippen LogP contribution >= 0.6 is 0 Å². The maximum Gasteiger partial charge on any atom is 0.322 e. The van der Waals surface area contributed by atoms with E-state index in [-0.39, 0.29) is 6.03 Å². The standard InChI is InChI=1S/C16H20N6O/c1-11-4-6-21(7-5-11)16(23)18-15-9-14(8-12(2)13(15)3)22-10-17-19-20-22/h4,8-10H,5-7H2,1-3H3,(H,18,23). The summed E-state index contributed by atoms with van der Waals surface area (Å²) >= 11 is 0. The van der Waals surface area contributed by atoms with Crippen molar-refractivity contribution in [1.82, 2.24) is 25.1 Å². The molecule has 0 unspecified atom stereocenters. The Morgan fingerprint density at radius 1 is 1.26 bits per heavy atom. The van der Waals surface area contributed by atoms with Gasteiger partial charge in [0.15, 0.2) is 0 Å². The summed E-state index contributed by atoms with van der Waals surface area (Å²) in [6.07, 6.45) is 4.56. The van der Waals surface area contributed by atoms with Gasteiger partial charge in [-0.05, 0) is 60.9 Å². The molecular formula is C16H20N6O. The Balaban J connectivity index is 1.83. The summed E-state index contributed by atoms with van der Waals surface area (Å²) in [6.45, 7) is 7.50. The number of amides is 2. The average Bonchev–Trinajstić information content (AvgIpc) is 3.06. The van der Waals surface area contributed by atoms with Gasteiger partial charge in [-0.3, -0.25) is 0 Å². The Hall–Kier alpha value is -2.70. The van der Waals surface area contributed by atoms with Gasteiger partial charge >= 0.3 is 6.03 Å². The SMILES string of the molecule is CC1=CCN(C(=O)Nc2cc(-n3cnnn3)cc(C)c2C)CC1. The van der Waals surface area contributed by atoms with Crippen molar-refractivity contribution in [3.63, 3.8) is 0 Å². The van der Waals surface area contributed by atoms with Crippen LogP contribution in [0.15, 0.2) is 30.1 Å². The Bertz CT molecular complexity index is 750. The van der Waals surface area contributed by atoms with Gasteiger partial charge in [-0.15, -0.1) is 5.10 Å². The first-order valence-electron chi connectivity index (χ1n) is 7.61. The fraction of sp³-hybridized carbons (Fsp3) is 0.375. The lowest BCUT2D eigenvalue weighted by Gasteiger charge is -2.26. The van der Waals surface area contributed by atoms with E-state index in [0.717, 1.165) is 35.5 Å². The number of rotatable bonds is 2. The molecule has 0 saturated heterocycles. The number of nitrogens with one attached hydrogen (secondary N) is 1. The normalized spacial score (nSPS) is 14.6. The van der Waals surface area contributed by atoms with Gasteiger partial charge in [0.25, 0.3) is 0 Å². The first kappa shape index (κ1) is 15.2. The summed E-state index contributed by atoms with van der Waals surface area (Å²) in [6, 6.07) is 3.81. The van der Waals surface area contributed by atoms with E-state index in [0.29, 0.717) is 6.54 Å². The van der Waals surface area contributed by atoms with Crippen molar-refractivity contribution in [2.24, 2.45) is 0 Å². The van der Waals surface area contributed by atoms with Crippen molar-refractivity contribution in [2.75, 3.05) is 18.4 Å². The number of aryl methyl sites for hydroxylation is 1. The molecule has 0 radical (unpaired) electrons. The number of urea groups is 1. The Morgan fingerprint density at radius 3 is 2.74 bits per heavy atom. The van der Waals surface area contributed by atoms with Crippen LogP contribution in [-0.2, 0) is 0 Å². The first-order chi connectivity index (χ1) is 11.0. The summed E-state index contributed by atoms with van der Waals surface area (Å²) in [5.41, 5.74) is 5.05. The molecule has 0 saturated carbocycles. The van der Waals surface area contributed by atoms with E-state index in [1.807, 2.05) is 30.9 Å². The van der Waals surface area contributed by atoms with Crippen molar-refractivity contribution < 1.29 is 4.79 Å². The van der Waals surface area contributed by atoms with E-state index < -0.39 is 0 Å². The average molecular weight is 312 g/mol. The second-order valence-electron chi connectivity index (χ2n) is 5.87. The van der Waals surface area contributed by atoms with Crippen molar-refractivity contribution in [3.8, 4) is 5.69 Å². The quantitative estimate of drug-likeness (QED) is 0.864. The molecule has 0 spiro atoms. The van der Waals surface area contributed by atoms with Crippen molar-refractivity contribution in [1.29, 1.82) is 0 Å². The van der Waals surface area contributed by atoms with Crippen molar-refractivity contribution in [3.05, 3.63) is 41.2 Å². The molecule has 7 nitrogen and oxygen atoms in total. The minimum atomic E-state index is -0.0786. The van der Waals surface area contributed by atoms with E-state index >= 15 is 0 Å². The van der Waals surface area contributed by atoms with Crippen molar-refractivity contribution in [2.45, 2.75) is 27.2 Å². The third-order valence-corrected chi connectivity index (χ3v) is 4.23. The van der Waals surface area contributed by atoms with Crippen LogP contribution in [0.4, 0.5) is 10.5 Å². The molecule has 2 heterocycles. The first-order valence-corrected chi connectivity index (χ1v) is 7.61. The van der Waals surface area contributed by atoms with Crippen LogP contribution in [-0.4, -0.2) is 44.2 Å². The zero-order chi connectivity index (χ0) is 16.4. The molecule has 1 aromatic heterocycles. The van der Waals surface area contributed by atoms with Crippen molar-refractivity contribution >= 4 is 11.7 Å². The predicted molar refractivity (Wildman–Crippen MR) is 87.6 cm³/mol. The number of tetrazole rings is 1. The second kappa shape index (κ2) is 6.20. The minimum absolute atomic E-state index is 0.0786. The number of aromatic nitrogens is 4. The van der Waals surface area contributed by atoms with E-state index in [1.54, 1.807) is 4.68 Å². The fourth-order valence-corrected chi connectivity index (χ4v) is 2.53. The third-order valence-electron chi connectivity index (χ3n) is 4.23. The molecule has 1 N–H and O–H groups in total. The lowest BCUT2D eigenvalue weighted by molar-refractivity contribution is 0.215. The van der Waals surface area contributed by atoms with Gasteiger partial charge in [-0.25, -0.2) is 9.48 Å². The highest BCUT2D eigenvalue weighted by molar-refractivity contribution is 5.91. The highest BCUT2D eigenvalue weighted by Crippen LogP contribution is 2.24. The number of hydrogen-bond donors (Lipinski definition) is 1. The lowest BCUT2D eigenvalue weighted by Crippen LogP contribution is -2.38. The number of carbonyl (C=O) groups is 1. The van der Waals surface area contributed by atoms with Gasteiger partial charge in [-0.2, -0.15) is 0 Å². The molecular weight excluding hydrogens is 292 g/mol. The summed E-state index contributed by atoms with van der Waals surface area (Å²) in [4.78, 5) is 14.3. The molecule has 120 valence electrons. The molecule has 0 bridgehead atoms. The van der Waals surface area contributed by atoms with Crippen LogP contribution < -0.4 is 5.32 Å². The van der Waals surface area contributed by atoms with Crippen LogP contribution in [0.25, 0.3) is 5.69 Å². The molecule has 0 aliphatic carbocycles. The number of hydrogen-bond acceptors (Lipinski definition) is 4. The van der Waals surface area contributed by atoms with Crippen LogP contribution in [0.5, 0.6) is 0 Å². The van der Waals surface area contributed by atoms with Gasteiger partial charge in [0.1, 0.15) is 6.33 Å². The van der Waals surface area contributed by atoms with Gasteiger partial charge in [-0.1, -0.05) is 11.6 Å². The van der Waals surface area contributed by atoms with Gasteiger partial charge in [0.05, 0.1) is 5.69 Å². The van der Waals surface area contributed by atoms with Crippen LogP contribution in [0, 0.1) is 13.8 Å². The summed E-state index contributed by atoms with van der Waals surface area (Å²) < 4.78 is 1.58. The fourth-order valence-electron chi connectivity index (χ4n) is 2.53. The van der Waals surface area contributed by atoms with Crippen LogP contribution in [0.2, 0.25) is 0 Å². The predicted octanol–water partition coefficient (Wildman–Crippen LogP) is 2.46. The van der Waals surface area contributed by atoms with E-state index in [2.05, 4.69) is 33.8 Å². The summed E-state index contributed by atoms with van der Waals surface area (Å²) in [7, 11) is 0. The van der Waals surface area contributed by atoms with E-state index in [4.69, 9.17) is 0 Å². The zero-order valence-corrected chi connectivity index (χ0v) is 13.6. The van der Waals surface area contributed by atoms with E-state index in [9.17, 15) is 4.79 Å². The Kier molecular flexibility index (Phi) is 4.10. The Labute approximate surface area is 135 Å². The second-order valence-corrected chi connectivity index (χ2v) is 5.87. The van der Waals surface area contributed by atoms with Gasteiger partial charge in [0.2, 0.25) is 0 Å². The molecule has 1 aliphatic heterocycles. The van der Waals surface area contributed by atoms with Crippen LogP contribution in [0.3, 0.4) is 0 Å². The number of carbonyl (C=O) groups excluding carboxylic acids is 1. The maximum absolute atomic E-state index is 12.5. The van der Waals surface area contributed by atoms with Gasteiger partial charge < -0.3 is 10.2 Å². The molecule has 7 heteroatoms. The largest absolute Gasteiger partial charge is 0.322 e. The summed E-state index contributed by atoms with van der Waals surface area (Å²) in [5.74, 6) is 0. The van der Waals surface area contributed by atoms with Crippen LogP contribution in [0.1, 0.15) is 24.5 Å². The zero-order valence-electron chi connectivity index (χ0n) is 13.6. The van der Waals surface area contributed by atoms with Gasteiger partial charge in [0, 0.05) is 18.8 Å². The minimum Gasteiger partial charge on any atom is -0.320 e. The maximum atomic E-state index is 12.5. The number of benzene rings is 1. The summed E-state index contributed by atoms with van der Waals surface area (Å²) in [5, 5.41) is 14.2. The Morgan fingerprint density at radius 2 is 2.09 bits per heavy atom. The molecule has 1 aliphatic rings. The highest BCUT2D eigenvalue weighted by atomic mass is 16.2. The molecule has 2 amide bonds. The smallest absolute Gasteiger partial charge is 0.320 e. The molecule has 0 fully saturated rings. The topological polar surface area (TPSA) is 75.9 Å². The molecule has 23 heavy (non-hydrogen) atoms. The van der Waals surface area contributed by atoms with E-state index in [1.165, 1.54) is 11.9 Å². The number of anilines is 1. The highest BCUT2D eigenvalue weighted by Gasteiger charge is 2.17.